The molecule has 0 aromatic carbocycles. The topological polar surface area (TPSA) is 87.3 Å². The van der Waals surface area contributed by atoms with E-state index in [-0.39, 0.29) is 29.9 Å². The first-order chi connectivity index (χ1) is 7.93. The summed E-state index contributed by atoms with van der Waals surface area (Å²) in [6.45, 7) is 0.435. The van der Waals surface area contributed by atoms with Crippen LogP contribution in [0, 0.1) is 0 Å². The molecule has 98 valence electrons. The summed E-state index contributed by atoms with van der Waals surface area (Å²) < 4.78 is 22.4. The molecule has 0 aromatic rings. The van der Waals surface area contributed by atoms with E-state index in [1.807, 2.05) is 0 Å². The van der Waals surface area contributed by atoms with E-state index in [1.165, 1.54) is 0 Å². The Morgan fingerprint density at radius 1 is 1.47 bits per heavy atom. The number of carbonyl (C=O) groups excluding carboxylic acids is 1. The highest BCUT2D eigenvalue weighted by Gasteiger charge is 2.28. The molecule has 3 N–H and O–H groups in total. The summed E-state index contributed by atoms with van der Waals surface area (Å²) in [5.74, 6) is 0.0692. The van der Waals surface area contributed by atoms with Crippen molar-refractivity contribution in [2.24, 2.45) is 0 Å². The van der Waals surface area contributed by atoms with Gasteiger partial charge < -0.3 is 16.0 Å². The number of amides is 1. The molecule has 0 aliphatic carbocycles. The molecule has 1 saturated heterocycles. The lowest BCUT2D eigenvalue weighted by molar-refractivity contribution is -0.121. The summed E-state index contributed by atoms with van der Waals surface area (Å²) in [4.78, 5) is 11.5. The fourth-order valence-corrected chi connectivity index (χ4v) is 3.36. The van der Waals surface area contributed by atoms with Gasteiger partial charge in [0.2, 0.25) is 5.91 Å². The van der Waals surface area contributed by atoms with Crippen molar-refractivity contribution in [2.45, 2.75) is 18.9 Å². The van der Waals surface area contributed by atoms with Gasteiger partial charge in [-0.25, -0.2) is 8.42 Å². The predicted molar refractivity (Wildman–Crippen MR) is 69.5 cm³/mol. The molecule has 1 atom stereocenters. The molecule has 0 aromatic heterocycles. The molecule has 17 heavy (non-hydrogen) atoms. The van der Waals surface area contributed by atoms with Crippen LogP contribution in [0.4, 0.5) is 0 Å². The average Bonchev–Trinajstić information content (AvgIpc) is 2.57. The molecule has 1 aliphatic heterocycles. The highest BCUT2D eigenvalue weighted by molar-refractivity contribution is 7.91. The van der Waals surface area contributed by atoms with Crippen LogP contribution in [-0.2, 0) is 14.6 Å². The van der Waals surface area contributed by atoms with Gasteiger partial charge in [0.1, 0.15) is 0 Å². The zero-order valence-electron chi connectivity index (χ0n) is 9.65. The molecule has 0 spiro atoms. The fraction of sp³-hybridized carbons (Fsp3) is 0.778. The van der Waals surface area contributed by atoms with Crippen molar-refractivity contribution in [3.8, 4) is 0 Å². The Balaban J connectivity index is 2.20. The van der Waals surface area contributed by atoms with Crippen molar-refractivity contribution in [3.63, 3.8) is 0 Å². The number of sulfone groups is 1. The van der Waals surface area contributed by atoms with Crippen molar-refractivity contribution in [2.75, 3.05) is 25.1 Å². The van der Waals surface area contributed by atoms with Crippen molar-refractivity contribution in [1.82, 2.24) is 16.0 Å². The molecule has 1 rings (SSSR count). The Bertz CT molecular complexity index is 394. The van der Waals surface area contributed by atoms with E-state index in [1.54, 1.807) is 7.05 Å². The SMILES string of the molecule is CNC(=S)NCCC(=O)NC1CCS(=O)(=O)C1. The predicted octanol–water partition coefficient (Wildman–Crippen LogP) is -1.23. The molecular weight excluding hydrogens is 262 g/mol. The molecule has 0 bridgehead atoms. The molecule has 1 heterocycles. The standard InChI is InChI=1S/C9H17N3O3S2/c1-10-9(16)11-4-2-8(13)12-7-3-5-17(14,15)6-7/h7H,2-6H2,1H3,(H,12,13)(H2,10,11,16). The first-order valence-electron chi connectivity index (χ1n) is 5.38. The van der Waals surface area contributed by atoms with Gasteiger partial charge in [-0.05, 0) is 18.6 Å². The van der Waals surface area contributed by atoms with Crippen LogP contribution in [-0.4, -0.2) is 50.6 Å². The highest BCUT2D eigenvalue weighted by Crippen LogP contribution is 2.11. The largest absolute Gasteiger partial charge is 0.366 e. The van der Waals surface area contributed by atoms with Gasteiger partial charge in [0.05, 0.1) is 11.5 Å². The number of rotatable bonds is 4. The average molecular weight is 279 g/mol. The number of nitrogens with one attached hydrogen (secondary N) is 3. The van der Waals surface area contributed by atoms with Gasteiger partial charge in [0.25, 0.3) is 0 Å². The molecule has 1 unspecified atom stereocenters. The van der Waals surface area contributed by atoms with Gasteiger partial charge in [-0.15, -0.1) is 0 Å². The van der Waals surface area contributed by atoms with E-state index in [9.17, 15) is 13.2 Å². The number of thiocarbonyl (C=S) groups is 1. The first kappa shape index (κ1) is 14.2. The van der Waals surface area contributed by atoms with Gasteiger partial charge in [-0.2, -0.15) is 0 Å². The van der Waals surface area contributed by atoms with E-state index >= 15 is 0 Å². The molecule has 1 fully saturated rings. The van der Waals surface area contributed by atoms with Crippen LogP contribution in [0.15, 0.2) is 0 Å². The van der Waals surface area contributed by atoms with Crippen LogP contribution in [0.2, 0.25) is 0 Å². The van der Waals surface area contributed by atoms with Gasteiger partial charge in [-0.3, -0.25) is 4.79 Å². The van der Waals surface area contributed by atoms with Crippen LogP contribution in [0.25, 0.3) is 0 Å². The summed E-state index contributed by atoms with van der Waals surface area (Å²) in [7, 11) is -1.25. The summed E-state index contributed by atoms with van der Waals surface area (Å²) in [5.41, 5.74) is 0. The second-order valence-electron chi connectivity index (χ2n) is 3.92. The van der Waals surface area contributed by atoms with Crippen molar-refractivity contribution < 1.29 is 13.2 Å². The van der Waals surface area contributed by atoms with E-state index in [4.69, 9.17) is 12.2 Å². The number of hydrogen-bond donors (Lipinski definition) is 3. The van der Waals surface area contributed by atoms with Gasteiger partial charge in [0.15, 0.2) is 14.9 Å². The maximum atomic E-state index is 11.5. The zero-order chi connectivity index (χ0) is 12.9. The molecule has 1 aliphatic rings. The van der Waals surface area contributed by atoms with Crippen molar-refractivity contribution in [3.05, 3.63) is 0 Å². The summed E-state index contributed by atoms with van der Waals surface area (Å²) in [6, 6.07) is -0.233. The van der Waals surface area contributed by atoms with Gasteiger partial charge in [0, 0.05) is 26.1 Å². The van der Waals surface area contributed by atoms with Crippen LogP contribution in [0.5, 0.6) is 0 Å². The van der Waals surface area contributed by atoms with Crippen LogP contribution in [0.1, 0.15) is 12.8 Å². The second kappa shape index (κ2) is 6.15. The van der Waals surface area contributed by atoms with Crippen LogP contribution >= 0.6 is 12.2 Å². The van der Waals surface area contributed by atoms with Crippen molar-refractivity contribution in [1.29, 1.82) is 0 Å². The number of hydrogen-bond acceptors (Lipinski definition) is 4. The Labute approximate surface area is 106 Å². The Kier molecular flexibility index (Phi) is 5.13. The highest BCUT2D eigenvalue weighted by atomic mass is 32.2. The minimum atomic E-state index is -2.94. The number of carbonyl (C=O) groups is 1. The quantitative estimate of drug-likeness (QED) is 0.559. The third-order valence-corrected chi connectivity index (χ3v) is 4.58. The van der Waals surface area contributed by atoms with E-state index in [2.05, 4.69) is 16.0 Å². The summed E-state index contributed by atoms with van der Waals surface area (Å²) >= 11 is 4.85. The normalized spacial score (nSPS) is 21.8. The third kappa shape index (κ3) is 5.31. The molecular formula is C9H17N3O3S2. The molecule has 1 amide bonds. The summed E-state index contributed by atoms with van der Waals surface area (Å²) in [5, 5.41) is 8.77. The lowest BCUT2D eigenvalue weighted by Crippen LogP contribution is -2.39. The third-order valence-electron chi connectivity index (χ3n) is 2.46. The lowest BCUT2D eigenvalue weighted by Gasteiger charge is -2.11. The molecule has 8 heteroatoms. The maximum Gasteiger partial charge on any atom is 0.222 e. The van der Waals surface area contributed by atoms with E-state index in [0.717, 1.165) is 0 Å². The van der Waals surface area contributed by atoms with Gasteiger partial charge >= 0.3 is 0 Å². The van der Waals surface area contributed by atoms with Crippen LogP contribution in [0.3, 0.4) is 0 Å². The molecule has 0 radical (unpaired) electrons. The maximum absolute atomic E-state index is 11.5. The Hall–Kier alpha value is -0.890. The van der Waals surface area contributed by atoms with Gasteiger partial charge in [-0.1, -0.05) is 0 Å². The van der Waals surface area contributed by atoms with Crippen LogP contribution < -0.4 is 16.0 Å². The monoisotopic (exact) mass is 279 g/mol. The Morgan fingerprint density at radius 3 is 2.71 bits per heavy atom. The fourth-order valence-electron chi connectivity index (χ4n) is 1.59. The zero-order valence-corrected chi connectivity index (χ0v) is 11.3. The molecule has 6 nitrogen and oxygen atoms in total. The minimum Gasteiger partial charge on any atom is -0.366 e. The summed E-state index contributed by atoms with van der Waals surface area (Å²) in [6.07, 6.45) is 0.787. The lowest BCUT2D eigenvalue weighted by atomic mass is 10.2. The molecule has 0 saturated carbocycles. The van der Waals surface area contributed by atoms with E-state index < -0.39 is 9.84 Å². The smallest absolute Gasteiger partial charge is 0.222 e. The van der Waals surface area contributed by atoms with E-state index in [0.29, 0.717) is 18.1 Å². The Morgan fingerprint density at radius 2 is 2.18 bits per heavy atom. The minimum absolute atomic E-state index is 0.0566. The first-order valence-corrected chi connectivity index (χ1v) is 7.61. The van der Waals surface area contributed by atoms with Crippen molar-refractivity contribution >= 4 is 33.1 Å². The second-order valence-corrected chi connectivity index (χ2v) is 6.56.